The molecule has 0 bridgehead atoms. The lowest BCUT2D eigenvalue weighted by atomic mass is 10.3. The molecule has 0 aliphatic rings. The molecule has 96 valence electrons. The van der Waals surface area contributed by atoms with Crippen molar-refractivity contribution in [3.8, 4) is 0 Å². The quantitative estimate of drug-likeness (QED) is 0.865. The summed E-state index contributed by atoms with van der Waals surface area (Å²) in [5.74, 6) is 0.957. The molecule has 2 aromatic rings. The summed E-state index contributed by atoms with van der Waals surface area (Å²) in [5, 5.41) is 7.55. The second-order valence-electron chi connectivity index (χ2n) is 4.35. The molecule has 2 heterocycles. The van der Waals surface area contributed by atoms with Crippen LogP contribution in [-0.4, -0.2) is 23.5 Å². The van der Waals surface area contributed by atoms with Crippen molar-refractivity contribution < 1.29 is 0 Å². The van der Waals surface area contributed by atoms with Crippen LogP contribution in [0.25, 0.3) is 0 Å². The molecule has 0 radical (unpaired) electrons. The van der Waals surface area contributed by atoms with Crippen LogP contribution in [0.1, 0.15) is 18.2 Å². The minimum atomic E-state index is 0.870. The zero-order valence-corrected chi connectivity index (χ0v) is 11.7. The summed E-state index contributed by atoms with van der Waals surface area (Å²) in [6.45, 7) is 4.82. The Balaban J connectivity index is 1.93. The minimum Gasteiger partial charge on any atom is -0.370 e. The van der Waals surface area contributed by atoms with Gasteiger partial charge in [-0.15, -0.1) is 0 Å². The zero-order valence-electron chi connectivity index (χ0n) is 10.9. The normalized spacial score (nSPS) is 10.8. The second kappa shape index (κ2) is 6.52. The maximum atomic E-state index is 4.58. The highest BCUT2D eigenvalue weighted by Crippen LogP contribution is 2.11. The Morgan fingerprint density at radius 3 is 2.89 bits per heavy atom. The van der Waals surface area contributed by atoms with Crippen molar-refractivity contribution in [2.75, 3.05) is 18.9 Å². The highest BCUT2D eigenvalue weighted by molar-refractivity contribution is 7.07. The van der Waals surface area contributed by atoms with E-state index in [2.05, 4.69) is 58.1 Å². The molecule has 0 saturated heterocycles. The summed E-state index contributed by atoms with van der Waals surface area (Å²) in [4.78, 5) is 6.86. The number of thiophene rings is 1. The van der Waals surface area contributed by atoms with Gasteiger partial charge in [-0.1, -0.05) is 6.07 Å². The van der Waals surface area contributed by atoms with Crippen molar-refractivity contribution in [3.05, 3.63) is 46.3 Å². The van der Waals surface area contributed by atoms with E-state index in [-0.39, 0.29) is 0 Å². The Labute approximate surface area is 112 Å². The van der Waals surface area contributed by atoms with Crippen LogP contribution in [0.15, 0.2) is 35.0 Å². The highest BCUT2D eigenvalue weighted by atomic mass is 32.1. The molecule has 0 aliphatic heterocycles. The highest BCUT2D eigenvalue weighted by Gasteiger charge is 2.04. The van der Waals surface area contributed by atoms with E-state index < -0.39 is 0 Å². The lowest BCUT2D eigenvalue weighted by Gasteiger charge is -2.15. The first kappa shape index (κ1) is 13.1. The lowest BCUT2D eigenvalue weighted by molar-refractivity contribution is 0.315. The lowest BCUT2D eigenvalue weighted by Crippen LogP contribution is -2.17. The van der Waals surface area contributed by atoms with Crippen LogP contribution in [0.3, 0.4) is 0 Å². The van der Waals surface area contributed by atoms with Crippen molar-refractivity contribution >= 4 is 17.2 Å². The summed E-state index contributed by atoms with van der Waals surface area (Å²) in [6.07, 6.45) is 0. The molecule has 3 nitrogen and oxygen atoms in total. The van der Waals surface area contributed by atoms with Gasteiger partial charge in [0, 0.05) is 19.6 Å². The van der Waals surface area contributed by atoms with E-state index in [4.69, 9.17) is 0 Å². The van der Waals surface area contributed by atoms with E-state index >= 15 is 0 Å². The Bertz CT molecular complexity index is 468. The van der Waals surface area contributed by atoms with Gasteiger partial charge in [0.15, 0.2) is 0 Å². The minimum absolute atomic E-state index is 0.870. The van der Waals surface area contributed by atoms with Crippen molar-refractivity contribution in [1.82, 2.24) is 9.88 Å². The van der Waals surface area contributed by atoms with E-state index in [9.17, 15) is 0 Å². The smallest absolute Gasteiger partial charge is 0.126 e. The SMILES string of the molecule is CCNc1cccc(CN(C)Cc2ccsc2)n1. The van der Waals surface area contributed by atoms with Gasteiger partial charge in [0.1, 0.15) is 5.82 Å². The number of anilines is 1. The predicted molar refractivity (Wildman–Crippen MR) is 77.9 cm³/mol. The van der Waals surface area contributed by atoms with Crippen molar-refractivity contribution in [2.24, 2.45) is 0 Å². The van der Waals surface area contributed by atoms with Crippen LogP contribution in [0, 0.1) is 0 Å². The third-order valence-corrected chi connectivity index (χ3v) is 3.36. The van der Waals surface area contributed by atoms with Crippen LogP contribution >= 0.6 is 11.3 Å². The van der Waals surface area contributed by atoms with Crippen molar-refractivity contribution in [2.45, 2.75) is 20.0 Å². The Kier molecular flexibility index (Phi) is 4.73. The summed E-state index contributed by atoms with van der Waals surface area (Å²) < 4.78 is 0. The van der Waals surface area contributed by atoms with Crippen LogP contribution in [0.4, 0.5) is 5.82 Å². The van der Waals surface area contributed by atoms with Gasteiger partial charge in [-0.3, -0.25) is 4.90 Å². The Hall–Kier alpha value is -1.39. The molecular weight excluding hydrogens is 242 g/mol. The third kappa shape index (κ3) is 3.82. The molecule has 18 heavy (non-hydrogen) atoms. The first-order chi connectivity index (χ1) is 8.78. The molecule has 0 atom stereocenters. The summed E-state index contributed by atoms with van der Waals surface area (Å²) in [6, 6.07) is 8.30. The van der Waals surface area contributed by atoms with Gasteiger partial charge < -0.3 is 5.32 Å². The molecule has 0 aliphatic carbocycles. The molecular formula is C14H19N3S. The standard InChI is InChI=1S/C14H19N3S/c1-3-15-14-6-4-5-13(16-14)10-17(2)9-12-7-8-18-11-12/h4-8,11H,3,9-10H2,1-2H3,(H,15,16). The number of rotatable bonds is 6. The molecule has 4 heteroatoms. The van der Waals surface area contributed by atoms with E-state index in [0.717, 1.165) is 31.1 Å². The third-order valence-electron chi connectivity index (χ3n) is 2.63. The number of nitrogens with zero attached hydrogens (tertiary/aromatic N) is 2. The molecule has 0 aromatic carbocycles. The molecule has 0 spiro atoms. The number of hydrogen-bond acceptors (Lipinski definition) is 4. The Morgan fingerprint density at radius 2 is 2.17 bits per heavy atom. The van der Waals surface area contributed by atoms with Crippen LogP contribution in [-0.2, 0) is 13.1 Å². The van der Waals surface area contributed by atoms with Gasteiger partial charge in [-0.2, -0.15) is 11.3 Å². The van der Waals surface area contributed by atoms with E-state index in [1.54, 1.807) is 11.3 Å². The molecule has 0 amide bonds. The fraction of sp³-hybridized carbons (Fsp3) is 0.357. The second-order valence-corrected chi connectivity index (χ2v) is 5.13. The monoisotopic (exact) mass is 261 g/mol. The maximum absolute atomic E-state index is 4.58. The molecule has 1 N–H and O–H groups in total. The number of nitrogens with one attached hydrogen (secondary N) is 1. The van der Waals surface area contributed by atoms with Crippen LogP contribution in [0.5, 0.6) is 0 Å². The summed E-state index contributed by atoms with van der Waals surface area (Å²) in [5.41, 5.74) is 2.47. The molecule has 2 rings (SSSR count). The average molecular weight is 261 g/mol. The van der Waals surface area contributed by atoms with E-state index in [1.807, 2.05) is 6.07 Å². The van der Waals surface area contributed by atoms with Gasteiger partial charge in [0.05, 0.1) is 5.69 Å². The van der Waals surface area contributed by atoms with Gasteiger partial charge >= 0.3 is 0 Å². The van der Waals surface area contributed by atoms with Crippen LogP contribution in [0.2, 0.25) is 0 Å². The molecule has 0 fully saturated rings. The summed E-state index contributed by atoms with van der Waals surface area (Å²) >= 11 is 1.74. The fourth-order valence-electron chi connectivity index (χ4n) is 1.87. The van der Waals surface area contributed by atoms with E-state index in [1.165, 1.54) is 5.56 Å². The largest absolute Gasteiger partial charge is 0.370 e. The zero-order chi connectivity index (χ0) is 12.8. The fourth-order valence-corrected chi connectivity index (χ4v) is 2.53. The molecule has 0 saturated carbocycles. The average Bonchev–Trinajstić information content (AvgIpc) is 2.82. The predicted octanol–water partition coefficient (Wildman–Crippen LogP) is 3.21. The van der Waals surface area contributed by atoms with Gasteiger partial charge in [0.2, 0.25) is 0 Å². The number of pyridine rings is 1. The number of hydrogen-bond donors (Lipinski definition) is 1. The first-order valence-electron chi connectivity index (χ1n) is 6.17. The topological polar surface area (TPSA) is 28.2 Å². The van der Waals surface area contributed by atoms with Crippen molar-refractivity contribution in [3.63, 3.8) is 0 Å². The maximum Gasteiger partial charge on any atom is 0.126 e. The van der Waals surface area contributed by atoms with Crippen LogP contribution < -0.4 is 5.32 Å². The van der Waals surface area contributed by atoms with Gasteiger partial charge in [-0.05, 0) is 48.5 Å². The van der Waals surface area contributed by atoms with Crippen molar-refractivity contribution in [1.29, 1.82) is 0 Å². The number of aromatic nitrogens is 1. The van der Waals surface area contributed by atoms with E-state index in [0.29, 0.717) is 0 Å². The van der Waals surface area contributed by atoms with Gasteiger partial charge in [0.25, 0.3) is 0 Å². The molecule has 0 unspecified atom stereocenters. The Morgan fingerprint density at radius 1 is 1.28 bits per heavy atom. The van der Waals surface area contributed by atoms with Gasteiger partial charge in [-0.25, -0.2) is 4.98 Å². The summed E-state index contributed by atoms with van der Waals surface area (Å²) in [7, 11) is 2.12. The first-order valence-corrected chi connectivity index (χ1v) is 7.11. The molecule has 2 aromatic heterocycles.